The average molecular weight is 1830 g/mol. The molecule has 12 N–H and O–H groups in total. The predicted octanol–water partition coefficient (Wildman–Crippen LogP) is 17.3. The first-order valence-electron chi connectivity index (χ1n) is 40.6. The van der Waals surface area contributed by atoms with Crippen molar-refractivity contribution in [3.05, 3.63) is 293 Å². The van der Waals surface area contributed by atoms with Crippen LogP contribution < -0.4 is 68.2 Å². The van der Waals surface area contributed by atoms with Gasteiger partial charge in [0, 0.05) is 101 Å². The number of aryl methyl sites for hydroxylation is 1. The Kier molecular flexibility index (Phi) is 38.3. The zero-order valence-corrected chi connectivity index (χ0v) is 74.9. The van der Waals surface area contributed by atoms with E-state index < -0.39 is 23.0 Å². The normalized spacial score (nSPS) is 12.9. The Morgan fingerprint density at radius 3 is 1.16 bits per heavy atom. The molecule has 0 spiro atoms. The second-order valence-corrected chi connectivity index (χ2v) is 31.5. The number of nitrogen functional groups attached to an aromatic ring is 2. The molecule has 28 nitrogen and oxygen atoms in total. The van der Waals surface area contributed by atoms with E-state index in [1.165, 1.54) is 31.2 Å². The van der Waals surface area contributed by atoms with Gasteiger partial charge in [0.1, 0.15) is 16.5 Å². The number of hydrogen-bond acceptors (Lipinski definition) is 23. The molecular formula is C95H111Br2N13O15. The van der Waals surface area contributed by atoms with E-state index >= 15 is 0 Å². The number of esters is 3. The van der Waals surface area contributed by atoms with Gasteiger partial charge in [-0.15, -0.1) is 0 Å². The molecule has 0 atom stereocenters. The zero-order valence-electron chi connectivity index (χ0n) is 71.8. The van der Waals surface area contributed by atoms with Gasteiger partial charge in [-0.2, -0.15) is 0 Å². The van der Waals surface area contributed by atoms with Crippen molar-refractivity contribution in [2.24, 2.45) is 0 Å². The van der Waals surface area contributed by atoms with Gasteiger partial charge in [-0.25, -0.2) is 30.1 Å². The Morgan fingerprint density at radius 2 is 0.768 bits per heavy atom. The lowest BCUT2D eigenvalue weighted by Gasteiger charge is -2.38. The number of rotatable bonds is 13. The van der Waals surface area contributed by atoms with Crippen molar-refractivity contribution >= 4 is 142 Å². The third-order valence-electron chi connectivity index (χ3n) is 19.0. The number of nitrogens with two attached hydrogens (primary N) is 2. The second kappa shape index (κ2) is 49.2. The molecule has 5 heterocycles. The molecule has 0 saturated carbocycles. The van der Waals surface area contributed by atoms with E-state index in [1.54, 1.807) is 88.3 Å². The summed E-state index contributed by atoms with van der Waals surface area (Å²) in [6, 6.07) is 76.4. The smallest absolute Gasteiger partial charge is 0.414 e. The summed E-state index contributed by atoms with van der Waals surface area (Å²) < 4.78 is 24.8. The van der Waals surface area contributed by atoms with Crippen molar-refractivity contribution in [2.75, 3.05) is 136 Å². The maximum atomic E-state index is 12.6. The zero-order chi connectivity index (χ0) is 90.4. The molecule has 5 aliphatic heterocycles. The van der Waals surface area contributed by atoms with Crippen LogP contribution in [0.3, 0.4) is 0 Å². The Morgan fingerprint density at radius 1 is 0.416 bits per heavy atom. The maximum absolute atomic E-state index is 12.6. The number of carbonyl (C=O) groups excluding carboxylic acids is 8. The molecule has 15 rings (SSSR count). The van der Waals surface area contributed by atoms with Crippen LogP contribution in [0.5, 0.6) is 0 Å². The van der Waals surface area contributed by atoms with Crippen LogP contribution in [-0.2, 0) is 64.7 Å². The molecule has 0 aliphatic carbocycles. The molecule has 10 aromatic carbocycles. The fourth-order valence-corrected chi connectivity index (χ4v) is 13.5. The Bertz CT molecular complexity index is 5040. The van der Waals surface area contributed by atoms with Gasteiger partial charge in [0.05, 0.1) is 88.8 Å². The summed E-state index contributed by atoms with van der Waals surface area (Å²) in [5, 5.41) is 31.2. The molecule has 660 valence electrons. The third kappa shape index (κ3) is 31.0. The standard InChI is InChI=1S/C22H26N2O4.2C16H17N3O2.C13H18N2O2.C9H9BrO2.C9H9NO.C6H8N2.C4H7BrO2/c1-22(2,3)28-21(26)24-14-13-23(18-7-5-6-8-19(18)24)15-16-9-11-17(12-10-16)20(25)27-4;2*20-16(18-21)13-7-5-12(6-8-13)11-19-10-9-17-14-3-1-2-4-15(14)19;1-13(2,3)17-12(16)15-9-8-14-10-6-4-5-7-11(10)15;1-12-9(11)8-4-2-7(6-10)3-5-8;11-9-6-5-7-3-1-2-4-8(7)10-9;7-5-3-1-2-4-6(5)8;1-2-7-4(6)3-5/h5-12H,13-15H2,1-4H3;2*1-8,17,21H,9-11H2,(H,18,20);4-7,14H,8-9H2,1-3H3;2-5H,6H2,1H3;1-4H,5-6H2,(H,10,11);1-4H,7-8H2;2-3H2,1H3. The Balaban J connectivity index is 0.000000183. The predicted molar refractivity (Wildman–Crippen MR) is 500 cm³/mol. The Labute approximate surface area is 747 Å². The van der Waals surface area contributed by atoms with E-state index in [0.717, 1.165) is 120 Å². The molecular weight excluding hydrogens is 1720 g/mol. The highest BCUT2D eigenvalue weighted by Crippen LogP contribution is 2.37. The summed E-state index contributed by atoms with van der Waals surface area (Å²) >= 11 is 6.26. The molecule has 5 aliphatic rings. The highest BCUT2D eigenvalue weighted by atomic mass is 79.9. The van der Waals surface area contributed by atoms with Gasteiger partial charge >= 0.3 is 30.1 Å². The van der Waals surface area contributed by atoms with Crippen LogP contribution in [0, 0.1) is 0 Å². The van der Waals surface area contributed by atoms with E-state index in [2.05, 4.69) is 108 Å². The molecule has 30 heteroatoms. The van der Waals surface area contributed by atoms with Crippen LogP contribution in [-0.4, -0.2) is 148 Å². The van der Waals surface area contributed by atoms with Crippen LogP contribution in [0.2, 0.25) is 0 Å². The van der Waals surface area contributed by atoms with Crippen LogP contribution in [0.15, 0.2) is 243 Å². The minimum absolute atomic E-state index is 0.128. The number of carbonyl (C=O) groups is 8. The quantitative estimate of drug-likeness (QED) is 0.0128. The number of nitrogens with zero attached hydrogens (tertiary/aromatic N) is 5. The van der Waals surface area contributed by atoms with Crippen molar-refractivity contribution in [3.8, 4) is 0 Å². The van der Waals surface area contributed by atoms with Crippen molar-refractivity contribution in [1.82, 2.24) is 11.0 Å². The van der Waals surface area contributed by atoms with Crippen LogP contribution in [0.4, 0.5) is 72.2 Å². The van der Waals surface area contributed by atoms with Gasteiger partial charge in [0.15, 0.2) is 0 Å². The number of amides is 5. The van der Waals surface area contributed by atoms with E-state index in [4.69, 9.17) is 36.1 Å². The fraction of sp³-hybridized carbons (Fsp3) is 0.284. The minimum Gasteiger partial charge on any atom is -0.465 e. The summed E-state index contributed by atoms with van der Waals surface area (Å²) in [6.07, 6.45) is 0.882. The number of halogens is 2. The fourth-order valence-electron chi connectivity index (χ4n) is 13.0. The average Bonchev–Trinajstić information content (AvgIpc) is 0.788. The molecule has 10 aromatic rings. The van der Waals surface area contributed by atoms with Crippen molar-refractivity contribution < 1.29 is 72.5 Å². The summed E-state index contributed by atoms with van der Waals surface area (Å²) in [6.45, 7) is 22.1. The first-order chi connectivity index (χ1) is 60.1. The lowest BCUT2D eigenvalue weighted by atomic mass is 10.0. The number of ether oxygens (including phenoxy) is 5. The summed E-state index contributed by atoms with van der Waals surface area (Å²) in [5.74, 6) is -1.70. The topological polar surface area (TPSA) is 364 Å². The third-order valence-corrected chi connectivity index (χ3v) is 20.2. The summed E-state index contributed by atoms with van der Waals surface area (Å²) in [5.41, 5.74) is 31.4. The minimum atomic E-state index is -0.537. The second-order valence-electron chi connectivity index (χ2n) is 30.4. The first kappa shape index (κ1) is 97.3. The molecule has 0 saturated heterocycles. The maximum Gasteiger partial charge on any atom is 0.414 e. The lowest BCUT2D eigenvalue weighted by Crippen LogP contribution is -2.45. The SMILES string of the molecule is CC(C)(C)OC(=O)N1CCNc2ccccc21.CCOC(=O)CBr.COC(=O)c1ccc(CBr)cc1.COC(=O)c1ccc(CN2CCN(C(=O)OC(C)(C)C)c3ccccc32)cc1.Nc1ccccc1N.O=C(NO)c1ccc(CN2CCNc3ccccc32)cc1.O=C(NO)c1ccc(CN2CCNc3ccccc32)cc1.O=C1CCc2ccccc2N1. The van der Waals surface area contributed by atoms with E-state index in [-0.39, 0.29) is 36.0 Å². The summed E-state index contributed by atoms with van der Waals surface area (Å²) in [4.78, 5) is 101. The number of nitrogens with one attached hydrogen (secondary N) is 6. The molecule has 0 bridgehead atoms. The van der Waals surface area contributed by atoms with Crippen molar-refractivity contribution in [1.29, 1.82) is 0 Å². The first-order valence-corrected chi connectivity index (χ1v) is 42.8. The van der Waals surface area contributed by atoms with E-state index in [1.807, 2.05) is 193 Å². The number of anilines is 11. The number of para-hydroxylation sites is 11. The van der Waals surface area contributed by atoms with Crippen LogP contribution >= 0.6 is 31.9 Å². The monoisotopic (exact) mass is 1830 g/mol. The van der Waals surface area contributed by atoms with Gasteiger partial charge in [-0.1, -0.05) is 159 Å². The number of methoxy groups -OCH3 is 2. The largest absolute Gasteiger partial charge is 0.465 e. The van der Waals surface area contributed by atoms with E-state index in [9.17, 15) is 38.4 Å². The number of benzene rings is 10. The van der Waals surface area contributed by atoms with Crippen LogP contribution in [0.25, 0.3) is 0 Å². The lowest BCUT2D eigenvalue weighted by molar-refractivity contribution is -0.139. The van der Waals surface area contributed by atoms with Gasteiger partial charge in [-0.05, 0) is 198 Å². The number of fused-ring (bicyclic) bond motifs is 5. The van der Waals surface area contributed by atoms with Crippen LogP contribution in [0.1, 0.15) is 124 Å². The van der Waals surface area contributed by atoms with Gasteiger partial charge in [0.2, 0.25) is 5.91 Å². The Hall–Kier alpha value is -13.2. The molecule has 5 amide bonds. The number of hydrogen-bond donors (Lipinski definition) is 10. The number of alkyl halides is 2. The molecule has 0 unspecified atom stereocenters. The number of hydroxylamine groups is 2. The van der Waals surface area contributed by atoms with E-state index in [0.29, 0.717) is 78.2 Å². The molecule has 0 radical (unpaired) electrons. The molecule has 125 heavy (non-hydrogen) atoms. The van der Waals surface area contributed by atoms with Gasteiger partial charge < -0.3 is 71.1 Å². The van der Waals surface area contributed by atoms with Gasteiger partial charge in [0.25, 0.3) is 11.8 Å². The molecule has 0 aromatic heterocycles. The highest BCUT2D eigenvalue weighted by molar-refractivity contribution is 9.09. The van der Waals surface area contributed by atoms with Gasteiger partial charge in [-0.3, -0.25) is 39.4 Å². The van der Waals surface area contributed by atoms with Crippen molar-refractivity contribution in [2.45, 2.75) is 97.5 Å². The molecule has 0 fully saturated rings. The highest BCUT2D eigenvalue weighted by Gasteiger charge is 2.31. The van der Waals surface area contributed by atoms with Crippen molar-refractivity contribution in [3.63, 3.8) is 0 Å². The summed E-state index contributed by atoms with van der Waals surface area (Å²) in [7, 11) is 2.75.